The largest absolute Gasteiger partial charge is 4.00 e. The molecule has 2 aliphatic carbocycles. The molecule has 250 valence electrons. The maximum atomic E-state index is 12.3. The molecule has 0 bridgehead atoms. The van der Waals surface area contributed by atoms with E-state index in [1.807, 2.05) is 211 Å². The fourth-order valence-corrected chi connectivity index (χ4v) is 5.06. The third-order valence-electron chi connectivity index (χ3n) is 7.53. The van der Waals surface area contributed by atoms with E-state index in [2.05, 4.69) is 10.3 Å². The van der Waals surface area contributed by atoms with E-state index < -0.39 is 0 Å². The van der Waals surface area contributed by atoms with E-state index in [-0.39, 0.29) is 37.3 Å². The number of rotatable bonds is 8. The van der Waals surface area contributed by atoms with Crippen molar-refractivity contribution >= 4 is 34.2 Å². The van der Waals surface area contributed by atoms with Crippen molar-refractivity contribution in [3.05, 3.63) is 242 Å². The molecule has 0 amide bonds. The second-order valence-corrected chi connectivity index (χ2v) is 11.2. The average Bonchev–Trinajstić information content (AvgIpc) is 3.98. The second-order valence-electron chi connectivity index (χ2n) is 11.2. The van der Waals surface area contributed by atoms with Crippen molar-refractivity contribution in [3.63, 3.8) is 0 Å². The van der Waals surface area contributed by atoms with E-state index in [1.165, 1.54) is 0 Å². The first-order chi connectivity index (χ1) is 25.2. The van der Waals surface area contributed by atoms with Crippen LogP contribution in [0.1, 0.15) is 27.8 Å². The molecular weight excluding hydrogens is 807 g/mol. The van der Waals surface area contributed by atoms with Crippen molar-refractivity contribution in [2.24, 2.45) is 20.3 Å². The molecule has 5 aromatic carbocycles. The molecule has 0 aromatic heterocycles. The van der Waals surface area contributed by atoms with Crippen LogP contribution in [0, 0.1) is 81.5 Å². The third kappa shape index (κ3) is 11.9. The molecule has 52 heavy (non-hydrogen) atoms. The molecule has 7 heteroatoms. The third-order valence-corrected chi connectivity index (χ3v) is 7.53. The molecule has 0 atom stereocenters. The minimum absolute atomic E-state index is 0. The Morgan fingerprint density at radius 2 is 0.654 bits per heavy atom. The Balaban J connectivity index is 0.000000473. The van der Waals surface area contributed by atoms with Gasteiger partial charge < -0.3 is 20.7 Å². The molecular formula is C45H36HfN4O2+2. The van der Waals surface area contributed by atoms with Crippen LogP contribution in [0.3, 0.4) is 0 Å². The summed E-state index contributed by atoms with van der Waals surface area (Å²) in [6, 6.07) is 43.1. The van der Waals surface area contributed by atoms with Crippen LogP contribution in [0.15, 0.2) is 160 Å². The van der Waals surface area contributed by atoms with Crippen LogP contribution in [0.4, 0.5) is 11.4 Å². The molecule has 2 fully saturated rings. The van der Waals surface area contributed by atoms with E-state index in [0.717, 1.165) is 16.7 Å². The summed E-state index contributed by atoms with van der Waals surface area (Å²) in [5.74, 6) is 0. The minimum atomic E-state index is 0. The van der Waals surface area contributed by atoms with Crippen LogP contribution < -0.4 is 0 Å². The standard InChI is InChI=1S/C35H28N4O2.2C5H5.Hf/c1-25-22-23-30(36-32(26-14-6-2-7-15-26)34(38-40)28-18-10-4-11-19-28)31(24-25)37-33(27-16-8-3-9-17-27)35(39-41)29-20-12-5-13-21-29;2*1-2-4-5-3-1;/h2-24,40-41H,1H3;2*1-5H;/q;;;+4/p-2/b36-32?,37-33?,38-34+,39-35+;;;. The number of hydrogen-bond acceptors (Lipinski definition) is 6. The molecule has 0 saturated heterocycles. The van der Waals surface area contributed by atoms with Crippen molar-refractivity contribution in [2.75, 3.05) is 0 Å². The first-order valence-electron chi connectivity index (χ1n) is 16.4. The van der Waals surface area contributed by atoms with Crippen molar-refractivity contribution in [1.82, 2.24) is 0 Å². The van der Waals surface area contributed by atoms with Gasteiger partial charge in [-0.1, -0.05) is 127 Å². The molecule has 7 rings (SSSR count). The van der Waals surface area contributed by atoms with Crippen LogP contribution >= 0.6 is 0 Å². The van der Waals surface area contributed by atoms with E-state index in [4.69, 9.17) is 9.98 Å². The molecule has 0 unspecified atom stereocenters. The molecule has 2 saturated carbocycles. The summed E-state index contributed by atoms with van der Waals surface area (Å²) in [6.07, 6.45) is 20.0. The molecule has 6 nitrogen and oxygen atoms in total. The van der Waals surface area contributed by atoms with E-state index >= 15 is 0 Å². The summed E-state index contributed by atoms with van der Waals surface area (Å²) in [6.45, 7) is 1.96. The second kappa shape index (κ2) is 22.2. The molecule has 5 aromatic rings. The topological polar surface area (TPSA) is 95.6 Å². The quantitative estimate of drug-likeness (QED) is 0.0884. The van der Waals surface area contributed by atoms with Gasteiger partial charge in [0.2, 0.25) is 0 Å². The summed E-state index contributed by atoms with van der Waals surface area (Å²) < 4.78 is 0. The average molecular weight is 843 g/mol. The van der Waals surface area contributed by atoms with E-state index in [9.17, 15) is 10.4 Å². The first kappa shape index (κ1) is 40.0. The van der Waals surface area contributed by atoms with Gasteiger partial charge in [-0.2, -0.15) is 0 Å². The van der Waals surface area contributed by atoms with Gasteiger partial charge >= 0.3 is 25.8 Å². The number of nitrogens with zero attached hydrogens (tertiary/aromatic N) is 4. The maximum absolute atomic E-state index is 12.3. The SMILES string of the molecule is Cc1ccc(N=C(/C(=N/[O-])c2ccccc2)c2ccccc2)c(N=C(/C(=N/[O-])c2ccccc2)c2ccccc2)c1.[CH]1[CH][CH][CH][CH]1.[CH]1[CH][CH][CH][CH]1.[Hf+4]. The summed E-state index contributed by atoms with van der Waals surface area (Å²) in [7, 11) is 0. The molecule has 0 heterocycles. The molecule has 10 radical (unpaired) electrons. The maximum Gasteiger partial charge on any atom is 4.00 e. The molecule has 0 spiro atoms. The van der Waals surface area contributed by atoms with Crippen molar-refractivity contribution in [2.45, 2.75) is 6.92 Å². The zero-order valence-electron chi connectivity index (χ0n) is 28.7. The van der Waals surface area contributed by atoms with Crippen molar-refractivity contribution < 1.29 is 25.8 Å². The minimum Gasteiger partial charge on any atom is -0.791 e. The van der Waals surface area contributed by atoms with Gasteiger partial charge in [-0.3, -0.25) is 0 Å². The van der Waals surface area contributed by atoms with Crippen LogP contribution in [-0.2, 0) is 25.8 Å². The monoisotopic (exact) mass is 844 g/mol. The van der Waals surface area contributed by atoms with Gasteiger partial charge in [-0.15, -0.1) is 0 Å². The Morgan fingerprint density at radius 3 is 0.962 bits per heavy atom. The van der Waals surface area contributed by atoms with Gasteiger partial charge in [0.05, 0.1) is 34.2 Å². The smallest absolute Gasteiger partial charge is 0.791 e. The summed E-state index contributed by atoms with van der Waals surface area (Å²) in [4.78, 5) is 9.99. The zero-order chi connectivity index (χ0) is 35.5. The molecule has 0 N–H and O–H groups in total. The van der Waals surface area contributed by atoms with E-state index in [0.29, 0.717) is 33.9 Å². The van der Waals surface area contributed by atoms with Gasteiger partial charge in [-0.25, -0.2) is 9.98 Å². The first-order valence-corrected chi connectivity index (χ1v) is 16.4. The van der Waals surface area contributed by atoms with Gasteiger partial charge in [-0.05, 0) is 88.8 Å². The Bertz CT molecular complexity index is 1880. The summed E-state index contributed by atoms with van der Waals surface area (Å²) in [5.41, 5.74) is 6.00. The molecule has 0 aliphatic heterocycles. The van der Waals surface area contributed by atoms with Crippen LogP contribution in [-0.4, -0.2) is 22.8 Å². The van der Waals surface area contributed by atoms with Gasteiger partial charge in [0.15, 0.2) is 0 Å². The predicted octanol–water partition coefficient (Wildman–Crippen LogP) is 10.3. The number of hydrogen-bond donors (Lipinski definition) is 0. The van der Waals surface area contributed by atoms with Crippen molar-refractivity contribution in [3.8, 4) is 0 Å². The van der Waals surface area contributed by atoms with Gasteiger partial charge in [0.1, 0.15) is 0 Å². The summed E-state index contributed by atoms with van der Waals surface area (Å²) >= 11 is 0. The fourth-order valence-electron chi connectivity index (χ4n) is 5.06. The van der Waals surface area contributed by atoms with Gasteiger partial charge in [0.25, 0.3) is 0 Å². The van der Waals surface area contributed by atoms with Gasteiger partial charge in [0, 0.05) is 22.3 Å². The Morgan fingerprint density at radius 1 is 0.365 bits per heavy atom. The number of aliphatic imine (C=N–C) groups is 2. The Hall–Kier alpha value is -4.75. The Kier molecular flexibility index (Phi) is 17.1. The Labute approximate surface area is 327 Å². The van der Waals surface area contributed by atoms with Crippen LogP contribution in [0.2, 0.25) is 0 Å². The van der Waals surface area contributed by atoms with Crippen LogP contribution in [0.25, 0.3) is 0 Å². The van der Waals surface area contributed by atoms with Crippen molar-refractivity contribution in [1.29, 1.82) is 0 Å². The number of aryl methyl sites for hydroxylation is 1. The molecule has 2 aliphatic rings. The normalized spacial score (nSPS) is 14.7. The van der Waals surface area contributed by atoms with Crippen LogP contribution in [0.5, 0.6) is 0 Å². The fraction of sp³-hybridized carbons (Fsp3) is 0.0222. The predicted molar refractivity (Wildman–Crippen MR) is 212 cm³/mol. The zero-order valence-corrected chi connectivity index (χ0v) is 32.3. The number of benzene rings is 5. The summed E-state index contributed by atoms with van der Waals surface area (Å²) in [5, 5.41) is 31.3. The van der Waals surface area contributed by atoms with E-state index in [1.54, 1.807) is 0 Å².